The number of oxazole rings is 2. The number of benzene rings is 14. The van der Waals surface area contributed by atoms with E-state index in [4.69, 9.17) is 23.8 Å². The number of fused-ring (bicyclic) bond motifs is 2. The largest absolute Gasteiger partial charge is 0.436 e. The molecule has 0 unspecified atom stereocenters. The van der Waals surface area contributed by atoms with Crippen LogP contribution in [0.1, 0.15) is 0 Å². The van der Waals surface area contributed by atoms with Gasteiger partial charge in [0.1, 0.15) is 11.0 Å². The van der Waals surface area contributed by atoms with Crippen LogP contribution in [0.3, 0.4) is 0 Å². The fraction of sp³-hybridized carbons (Fsp3) is 0. The Labute approximate surface area is 591 Å². The van der Waals surface area contributed by atoms with Crippen molar-refractivity contribution < 1.29 is 8.83 Å². The normalized spacial score (nSPS) is 11.3. The summed E-state index contributed by atoms with van der Waals surface area (Å²) in [7, 11) is 0. The summed E-state index contributed by atoms with van der Waals surface area (Å²) in [5, 5.41) is 0. The average Bonchev–Trinajstić information content (AvgIpc) is 1.56. The van der Waals surface area contributed by atoms with Gasteiger partial charge in [0.15, 0.2) is 11.2 Å². The van der Waals surface area contributed by atoms with Crippen molar-refractivity contribution in [3.63, 3.8) is 0 Å². The lowest BCUT2D eigenvalue weighted by atomic mass is 9.92. The van der Waals surface area contributed by atoms with Gasteiger partial charge in [-0.3, -0.25) is 4.98 Å². The van der Waals surface area contributed by atoms with Gasteiger partial charge in [-0.15, -0.1) is 0 Å². The maximum absolute atomic E-state index is 6.65. The molecule has 0 radical (unpaired) electrons. The van der Waals surface area contributed by atoms with Gasteiger partial charge in [-0.25, -0.2) is 15.0 Å². The Morgan fingerprint density at radius 2 is 0.441 bits per heavy atom. The maximum atomic E-state index is 6.65. The highest BCUT2D eigenvalue weighted by atomic mass is 16.4. The van der Waals surface area contributed by atoms with Crippen molar-refractivity contribution in [3.8, 4) is 168 Å². The van der Waals surface area contributed by atoms with Crippen LogP contribution in [0.5, 0.6) is 0 Å². The molecule has 6 nitrogen and oxygen atoms in total. The Morgan fingerprint density at radius 1 is 0.176 bits per heavy atom. The van der Waals surface area contributed by atoms with Gasteiger partial charge < -0.3 is 8.83 Å². The highest BCUT2D eigenvalue weighted by molar-refractivity contribution is 5.97. The number of nitrogens with zero attached hydrogens (tertiary/aromatic N) is 4. The predicted octanol–water partition coefficient (Wildman–Crippen LogP) is 25.8. The molecular formula is C96H62N4O2. The van der Waals surface area contributed by atoms with Crippen LogP contribution in [-0.4, -0.2) is 19.9 Å². The van der Waals surface area contributed by atoms with Crippen LogP contribution in [0.4, 0.5) is 0 Å². The number of pyridine rings is 2. The van der Waals surface area contributed by atoms with E-state index in [0.717, 1.165) is 134 Å². The molecule has 102 heavy (non-hydrogen) atoms. The van der Waals surface area contributed by atoms with E-state index < -0.39 is 0 Å². The minimum Gasteiger partial charge on any atom is -0.436 e. The van der Waals surface area contributed by atoms with Crippen molar-refractivity contribution >= 4 is 22.2 Å². The Morgan fingerprint density at radius 3 is 0.755 bits per heavy atom. The number of rotatable bonds is 15. The summed E-state index contributed by atoms with van der Waals surface area (Å²) in [4.78, 5) is 20.3. The van der Waals surface area contributed by atoms with E-state index in [2.05, 4.69) is 339 Å². The fourth-order valence-corrected chi connectivity index (χ4v) is 13.9. The van der Waals surface area contributed by atoms with E-state index in [9.17, 15) is 0 Å². The summed E-state index contributed by atoms with van der Waals surface area (Å²) in [5.41, 5.74) is 32.8. The quantitative estimate of drug-likeness (QED) is 0.102. The second-order valence-corrected chi connectivity index (χ2v) is 25.7. The molecule has 0 aliphatic rings. The molecule has 6 heteroatoms. The number of hydrogen-bond acceptors (Lipinski definition) is 6. The molecule has 18 aromatic rings. The molecule has 0 atom stereocenters. The molecule has 4 aromatic heterocycles. The number of hydrogen-bond donors (Lipinski definition) is 0. The SMILES string of the molecule is c1ccc(-c2ccc(-c3cc4nc(-c5ccc(-c6ccc(-c7ccc(-c8ccccn8)nc7-c7ccc(-c8ccc(-c9nc%10cc(-c%11ccc(-c%12ccccc%12)cc%11)c(-c%11ccc(-c%12ccccc%12)cc%11)cc%10o9)cc8)cc7)cc6)cc5)oc4cc3-c3ccc(-c4ccccc4)cc3)cc2)cc1. The molecule has 18 rings (SSSR count). The van der Waals surface area contributed by atoms with Crippen molar-refractivity contribution in [2.75, 3.05) is 0 Å². The van der Waals surface area contributed by atoms with E-state index >= 15 is 0 Å². The molecule has 0 saturated heterocycles. The summed E-state index contributed by atoms with van der Waals surface area (Å²) in [6.07, 6.45) is 1.81. The lowest BCUT2D eigenvalue weighted by molar-refractivity contribution is 0.619. The van der Waals surface area contributed by atoms with Crippen LogP contribution in [0.2, 0.25) is 0 Å². The first-order chi connectivity index (χ1) is 50.5. The van der Waals surface area contributed by atoms with Crippen molar-refractivity contribution in [2.24, 2.45) is 0 Å². The molecule has 0 aliphatic heterocycles. The van der Waals surface area contributed by atoms with Gasteiger partial charge in [-0.1, -0.05) is 297 Å². The summed E-state index contributed by atoms with van der Waals surface area (Å²) in [6, 6.07) is 130. The van der Waals surface area contributed by atoms with Crippen LogP contribution in [0.25, 0.3) is 190 Å². The molecule has 0 aliphatic carbocycles. The van der Waals surface area contributed by atoms with Crippen molar-refractivity contribution in [3.05, 3.63) is 376 Å². The zero-order valence-corrected chi connectivity index (χ0v) is 55.4. The van der Waals surface area contributed by atoms with Gasteiger partial charge in [0.25, 0.3) is 0 Å². The fourth-order valence-electron chi connectivity index (χ4n) is 13.9. The van der Waals surface area contributed by atoms with Crippen LogP contribution in [0.15, 0.2) is 385 Å². The average molecular weight is 1300 g/mol. The second kappa shape index (κ2) is 26.6. The third kappa shape index (κ3) is 12.2. The van der Waals surface area contributed by atoms with Crippen molar-refractivity contribution in [2.45, 2.75) is 0 Å². The van der Waals surface area contributed by atoms with E-state index in [1.54, 1.807) is 0 Å². The molecule has 0 spiro atoms. The minimum atomic E-state index is 0.566. The standard InChI is InChI=1S/C96H62N4O2/c1-5-15-63(16-6-1)67-26-42-76(43-27-67)84-59-90-92(61-86(84)78-46-30-69(31-47-78)65-19-9-3-10-20-65)101-95(99-90)81-52-36-73(37-53-81)71-24-40-75(41-25-71)83-56-57-89(88-23-13-14-58-97-88)98-94(83)80-50-34-72(35-51-80)74-38-54-82(55-39-74)96-100-91-60-85(77-44-28-68(29-45-77)64-17-7-2-8-18-64)87(62-93(91)102-96)79-48-32-70(33-49-79)66-21-11-4-12-22-66/h1-62H. The molecular weight excluding hydrogens is 1240 g/mol. The summed E-state index contributed by atoms with van der Waals surface area (Å²) in [5.74, 6) is 1.13. The van der Waals surface area contributed by atoms with Crippen molar-refractivity contribution in [1.29, 1.82) is 0 Å². The van der Waals surface area contributed by atoms with E-state index in [1.165, 1.54) is 44.5 Å². The molecule has 0 amide bonds. The van der Waals surface area contributed by atoms with Gasteiger partial charge in [0.05, 0.1) is 17.1 Å². The molecule has 0 saturated carbocycles. The molecule has 0 fully saturated rings. The summed E-state index contributed by atoms with van der Waals surface area (Å²) in [6.45, 7) is 0. The smallest absolute Gasteiger partial charge is 0.227 e. The van der Waals surface area contributed by atoms with Gasteiger partial charge in [-0.05, 0) is 190 Å². The highest BCUT2D eigenvalue weighted by Crippen LogP contribution is 2.43. The summed E-state index contributed by atoms with van der Waals surface area (Å²) < 4.78 is 13.3. The van der Waals surface area contributed by atoms with Gasteiger partial charge in [-0.2, -0.15) is 0 Å². The molecule has 478 valence electrons. The Hall–Kier alpha value is -13.7. The number of aromatic nitrogens is 4. The first-order valence-corrected chi connectivity index (χ1v) is 34.4. The first-order valence-electron chi connectivity index (χ1n) is 34.4. The maximum Gasteiger partial charge on any atom is 0.227 e. The Bertz CT molecular complexity index is 5750. The topological polar surface area (TPSA) is 77.8 Å². The summed E-state index contributed by atoms with van der Waals surface area (Å²) >= 11 is 0. The van der Waals surface area contributed by atoms with Gasteiger partial charge >= 0.3 is 0 Å². The van der Waals surface area contributed by atoms with E-state index in [1.807, 2.05) is 42.6 Å². The highest BCUT2D eigenvalue weighted by Gasteiger charge is 2.20. The Balaban J connectivity index is 0.608. The monoisotopic (exact) mass is 1300 g/mol. The van der Waals surface area contributed by atoms with E-state index in [-0.39, 0.29) is 0 Å². The van der Waals surface area contributed by atoms with Crippen LogP contribution >= 0.6 is 0 Å². The van der Waals surface area contributed by atoms with Crippen LogP contribution < -0.4 is 0 Å². The van der Waals surface area contributed by atoms with E-state index in [0.29, 0.717) is 11.8 Å². The van der Waals surface area contributed by atoms with Gasteiger partial charge in [0.2, 0.25) is 11.8 Å². The lowest BCUT2D eigenvalue weighted by Crippen LogP contribution is -1.94. The third-order valence-corrected chi connectivity index (χ3v) is 19.4. The van der Waals surface area contributed by atoms with Crippen molar-refractivity contribution in [1.82, 2.24) is 19.9 Å². The predicted molar refractivity (Wildman–Crippen MR) is 419 cm³/mol. The lowest BCUT2D eigenvalue weighted by Gasteiger charge is -2.13. The first kappa shape index (κ1) is 60.7. The molecule has 0 N–H and O–H groups in total. The molecule has 0 bridgehead atoms. The second-order valence-electron chi connectivity index (χ2n) is 25.7. The Kier molecular flexibility index (Phi) is 15.8. The van der Waals surface area contributed by atoms with Crippen LogP contribution in [-0.2, 0) is 0 Å². The minimum absolute atomic E-state index is 0.566. The zero-order valence-electron chi connectivity index (χ0n) is 55.4. The third-order valence-electron chi connectivity index (χ3n) is 19.4. The molecule has 14 aromatic carbocycles. The zero-order chi connectivity index (χ0) is 67.7. The van der Waals surface area contributed by atoms with Crippen LogP contribution in [0, 0.1) is 0 Å². The molecule has 4 heterocycles. The van der Waals surface area contributed by atoms with Gasteiger partial charge in [0, 0.05) is 28.5 Å².